The third-order valence-electron chi connectivity index (χ3n) is 3.05. The molecule has 1 atom stereocenters. The zero-order chi connectivity index (χ0) is 13.8. The molecule has 0 radical (unpaired) electrons. The number of benzene rings is 1. The molecule has 1 N–H and O–H groups in total. The van der Waals surface area contributed by atoms with Crippen LogP contribution in [0.25, 0.3) is 0 Å². The van der Waals surface area contributed by atoms with Crippen LogP contribution in [0, 0.1) is 0 Å². The topological polar surface area (TPSA) is 66.8 Å². The summed E-state index contributed by atoms with van der Waals surface area (Å²) in [6.07, 6.45) is 0.582. The van der Waals surface area contributed by atoms with Gasteiger partial charge in [-0.3, -0.25) is 4.90 Å². The Morgan fingerprint density at radius 2 is 2.05 bits per heavy atom. The van der Waals surface area contributed by atoms with Crippen LogP contribution >= 0.6 is 11.6 Å². The summed E-state index contributed by atoms with van der Waals surface area (Å²) in [6, 6.07) is 6.17. The molecule has 6 heteroatoms. The van der Waals surface area contributed by atoms with Crippen molar-refractivity contribution >= 4 is 23.7 Å². The minimum Gasteiger partial charge on any atom is -0.480 e. The highest BCUT2D eigenvalue weighted by Gasteiger charge is 2.34. The number of halogens is 1. The molecule has 0 aromatic heterocycles. The number of carbonyl (C=O) groups is 2. The third kappa shape index (κ3) is 3.38. The smallest absolute Gasteiger partial charge is 0.410 e. The first-order valence-electron chi connectivity index (χ1n) is 5.98. The summed E-state index contributed by atoms with van der Waals surface area (Å²) in [6.45, 7) is 0.537. The van der Waals surface area contributed by atoms with Gasteiger partial charge in [0.1, 0.15) is 12.6 Å². The SMILES string of the molecule is O=C(O)[C@@H]1CCCN1C(=O)OCc1ccc(Cl)cc1. The highest BCUT2D eigenvalue weighted by molar-refractivity contribution is 6.30. The van der Waals surface area contributed by atoms with Gasteiger partial charge in [-0.15, -0.1) is 0 Å². The van der Waals surface area contributed by atoms with Crippen LogP contribution in [0.2, 0.25) is 5.02 Å². The van der Waals surface area contributed by atoms with Crippen molar-refractivity contribution in [1.82, 2.24) is 4.90 Å². The Labute approximate surface area is 115 Å². The molecule has 0 saturated carbocycles. The maximum Gasteiger partial charge on any atom is 0.410 e. The van der Waals surface area contributed by atoms with Crippen LogP contribution < -0.4 is 0 Å². The van der Waals surface area contributed by atoms with E-state index in [0.717, 1.165) is 5.56 Å². The highest BCUT2D eigenvalue weighted by Crippen LogP contribution is 2.19. The lowest BCUT2D eigenvalue weighted by atomic mass is 10.2. The Morgan fingerprint density at radius 1 is 1.37 bits per heavy atom. The number of likely N-dealkylation sites (tertiary alicyclic amines) is 1. The number of rotatable bonds is 3. The third-order valence-corrected chi connectivity index (χ3v) is 3.30. The van der Waals surface area contributed by atoms with E-state index in [9.17, 15) is 9.59 Å². The van der Waals surface area contributed by atoms with Crippen LogP contribution in [0.4, 0.5) is 4.79 Å². The van der Waals surface area contributed by atoms with E-state index in [-0.39, 0.29) is 6.61 Å². The number of amides is 1. The molecule has 1 aliphatic rings. The highest BCUT2D eigenvalue weighted by atomic mass is 35.5. The second kappa shape index (κ2) is 5.93. The molecule has 1 saturated heterocycles. The van der Waals surface area contributed by atoms with E-state index in [0.29, 0.717) is 24.4 Å². The Kier molecular flexibility index (Phi) is 4.27. The van der Waals surface area contributed by atoms with Crippen LogP contribution in [0.5, 0.6) is 0 Å². The minimum absolute atomic E-state index is 0.110. The molecule has 1 aromatic carbocycles. The minimum atomic E-state index is -0.985. The normalized spacial score (nSPS) is 18.4. The fourth-order valence-electron chi connectivity index (χ4n) is 2.05. The zero-order valence-electron chi connectivity index (χ0n) is 10.2. The van der Waals surface area contributed by atoms with E-state index in [4.69, 9.17) is 21.4 Å². The number of hydrogen-bond donors (Lipinski definition) is 1. The van der Waals surface area contributed by atoms with Crippen molar-refractivity contribution in [3.8, 4) is 0 Å². The second-order valence-electron chi connectivity index (χ2n) is 4.37. The van der Waals surface area contributed by atoms with Gasteiger partial charge in [0.15, 0.2) is 0 Å². The molecule has 0 spiro atoms. The van der Waals surface area contributed by atoms with Crippen LogP contribution in [-0.2, 0) is 16.1 Å². The van der Waals surface area contributed by atoms with E-state index in [2.05, 4.69) is 0 Å². The van der Waals surface area contributed by atoms with Gasteiger partial charge in [0.25, 0.3) is 0 Å². The first kappa shape index (κ1) is 13.7. The van der Waals surface area contributed by atoms with Crippen molar-refractivity contribution in [2.24, 2.45) is 0 Å². The summed E-state index contributed by atoms with van der Waals surface area (Å²) in [7, 11) is 0. The predicted molar refractivity (Wildman–Crippen MR) is 69.0 cm³/mol. The summed E-state index contributed by atoms with van der Waals surface area (Å²) < 4.78 is 5.11. The fourth-order valence-corrected chi connectivity index (χ4v) is 2.18. The van der Waals surface area contributed by atoms with Crippen LogP contribution in [-0.4, -0.2) is 34.7 Å². The molecule has 1 aliphatic heterocycles. The molecule has 1 heterocycles. The van der Waals surface area contributed by atoms with Crippen molar-refractivity contribution in [2.45, 2.75) is 25.5 Å². The number of ether oxygens (including phenoxy) is 1. The van der Waals surface area contributed by atoms with Crippen molar-refractivity contribution in [3.05, 3.63) is 34.9 Å². The first-order valence-corrected chi connectivity index (χ1v) is 6.36. The summed E-state index contributed by atoms with van der Waals surface area (Å²) >= 11 is 5.75. The number of nitrogens with zero attached hydrogens (tertiary/aromatic N) is 1. The van der Waals surface area contributed by atoms with Crippen molar-refractivity contribution in [2.75, 3.05) is 6.54 Å². The standard InChI is InChI=1S/C13H14ClNO4/c14-10-5-3-9(4-6-10)8-19-13(18)15-7-1-2-11(15)12(16)17/h3-6,11H,1-2,7-8H2,(H,16,17)/t11-/m0/s1. The molecular weight excluding hydrogens is 270 g/mol. The van der Waals surface area contributed by atoms with Gasteiger partial charge in [-0.25, -0.2) is 9.59 Å². The summed E-state index contributed by atoms with van der Waals surface area (Å²) in [4.78, 5) is 24.0. The maximum absolute atomic E-state index is 11.8. The lowest BCUT2D eigenvalue weighted by Gasteiger charge is -2.20. The van der Waals surface area contributed by atoms with Gasteiger partial charge in [-0.05, 0) is 30.5 Å². The Morgan fingerprint density at radius 3 is 2.68 bits per heavy atom. The molecule has 0 unspecified atom stereocenters. The van der Waals surface area contributed by atoms with Gasteiger partial charge < -0.3 is 9.84 Å². The number of carboxylic acids is 1. The van der Waals surface area contributed by atoms with E-state index in [1.54, 1.807) is 24.3 Å². The first-order chi connectivity index (χ1) is 9.08. The molecule has 0 bridgehead atoms. The average molecular weight is 284 g/mol. The molecule has 1 fully saturated rings. The largest absolute Gasteiger partial charge is 0.480 e. The molecule has 19 heavy (non-hydrogen) atoms. The quantitative estimate of drug-likeness (QED) is 0.925. The average Bonchev–Trinajstić information content (AvgIpc) is 2.87. The molecule has 2 rings (SSSR count). The van der Waals surface area contributed by atoms with Crippen LogP contribution in [0.3, 0.4) is 0 Å². The molecule has 1 amide bonds. The Hall–Kier alpha value is -1.75. The molecular formula is C13H14ClNO4. The Balaban J connectivity index is 1.90. The summed E-state index contributed by atoms with van der Waals surface area (Å²) in [5, 5.41) is 9.60. The zero-order valence-corrected chi connectivity index (χ0v) is 11.0. The lowest BCUT2D eigenvalue weighted by Crippen LogP contribution is -2.40. The van der Waals surface area contributed by atoms with Gasteiger partial charge in [0.2, 0.25) is 0 Å². The van der Waals surface area contributed by atoms with E-state index >= 15 is 0 Å². The maximum atomic E-state index is 11.8. The van der Waals surface area contributed by atoms with Crippen LogP contribution in [0.1, 0.15) is 18.4 Å². The van der Waals surface area contributed by atoms with E-state index in [1.165, 1.54) is 4.90 Å². The Bertz CT molecular complexity index is 474. The van der Waals surface area contributed by atoms with Gasteiger partial charge in [0.05, 0.1) is 0 Å². The number of aliphatic carboxylic acids is 1. The van der Waals surface area contributed by atoms with Crippen molar-refractivity contribution in [3.63, 3.8) is 0 Å². The molecule has 102 valence electrons. The van der Waals surface area contributed by atoms with Gasteiger partial charge in [-0.1, -0.05) is 23.7 Å². The molecule has 1 aromatic rings. The van der Waals surface area contributed by atoms with Crippen molar-refractivity contribution < 1.29 is 19.4 Å². The summed E-state index contributed by atoms with van der Waals surface area (Å²) in [5.74, 6) is -0.985. The summed E-state index contributed by atoms with van der Waals surface area (Å²) in [5.41, 5.74) is 0.809. The predicted octanol–water partition coefficient (Wildman–Crippen LogP) is 2.53. The van der Waals surface area contributed by atoms with Crippen LogP contribution in [0.15, 0.2) is 24.3 Å². The van der Waals surface area contributed by atoms with E-state index < -0.39 is 18.1 Å². The van der Waals surface area contributed by atoms with Gasteiger partial charge >= 0.3 is 12.1 Å². The number of hydrogen-bond acceptors (Lipinski definition) is 3. The monoisotopic (exact) mass is 283 g/mol. The molecule has 0 aliphatic carbocycles. The van der Waals surface area contributed by atoms with Gasteiger partial charge in [-0.2, -0.15) is 0 Å². The lowest BCUT2D eigenvalue weighted by molar-refractivity contribution is -0.141. The number of carbonyl (C=O) groups excluding carboxylic acids is 1. The fraction of sp³-hybridized carbons (Fsp3) is 0.385. The molecule has 5 nitrogen and oxygen atoms in total. The second-order valence-corrected chi connectivity index (χ2v) is 4.81. The van der Waals surface area contributed by atoms with Gasteiger partial charge in [0, 0.05) is 11.6 Å². The van der Waals surface area contributed by atoms with Crippen molar-refractivity contribution in [1.29, 1.82) is 0 Å². The van der Waals surface area contributed by atoms with E-state index in [1.807, 2.05) is 0 Å². The number of carboxylic acid groups (broad SMARTS) is 1.